The molecule has 0 aliphatic heterocycles. The predicted octanol–water partition coefficient (Wildman–Crippen LogP) is 1.68. The molecular weight excluding hydrogens is 228 g/mol. The fourth-order valence-electron chi connectivity index (χ4n) is 2.51. The Bertz CT molecular complexity index is 246. The number of rotatable bonds is 7. The Hall–Kier alpha value is -0.610. The van der Waals surface area contributed by atoms with Crippen LogP contribution in [0.3, 0.4) is 0 Å². The minimum Gasteiger partial charge on any atom is -0.381 e. The number of hydrogen-bond donors (Lipinski definition) is 2. The Labute approximate surface area is 111 Å². The van der Waals surface area contributed by atoms with Crippen LogP contribution in [0.5, 0.6) is 0 Å². The van der Waals surface area contributed by atoms with E-state index in [2.05, 4.69) is 19.2 Å². The van der Waals surface area contributed by atoms with Crippen molar-refractivity contribution < 1.29 is 9.53 Å². The van der Waals surface area contributed by atoms with Crippen molar-refractivity contribution in [3.05, 3.63) is 0 Å². The molecule has 4 heteroatoms. The molecule has 1 saturated carbocycles. The number of carbonyl (C=O) groups excluding carboxylic acids is 1. The molecule has 0 aromatic rings. The second-order valence-corrected chi connectivity index (χ2v) is 5.35. The zero-order valence-electron chi connectivity index (χ0n) is 11.8. The van der Waals surface area contributed by atoms with E-state index < -0.39 is 0 Å². The molecule has 0 radical (unpaired) electrons. The fraction of sp³-hybridized carbons (Fsp3) is 0.929. The Kier molecular flexibility index (Phi) is 7.28. The summed E-state index contributed by atoms with van der Waals surface area (Å²) in [5, 5.41) is 2.98. The summed E-state index contributed by atoms with van der Waals surface area (Å²) >= 11 is 0. The van der Waals surface area contributed by atoms with Crippen molar-refractivity contribution in [3.63, 3.8) is 0 Å². The van der Waals surface area contributed by atoms with Gasteiger partial charge < -0.3 is 15.8 Å². The Morgan fingerprint density at radius 3 is 2.89 bits per heavy atom. The molecule has 0 aromatic heterocycles. The summed E-state index contributed by atoms with van der Waals surface area (Å²) in [5.41, 5.74) is 6.11. The molecule has 1 fully saturated rings. The van der Waals surface area contributed by atoms with Crippen molar-refractivity contribution in [1.29, 1.82) is 0 Å². The maximum atomic E-state index is 12.0. The van der Waals surface area contributed by atoms with Gasteiger partial charge in [0.1, 0.15) is 0 Å². The smallest absolute Gasteiger partial charge is 0.224 e. The molecule has 18 heavy (non-hydrogen) atoms. The van der Waals surface area contributed by atoms with E-state index in [0.717, 1.165) is 45.3 Å². The van der Waals surface area contributed by atoms with Crippen LogP contribution >= 0.6 is 0 Å². The molecule has 1 rings (SSSR count). The highest BCUT2D eigenvalue weighted by Crippen LogP contribution is 2.27. The van der Waals surface area contributed by atoms with E-state index in [4.69, 9.17) is 10.5 Å². The number of carbonyl (C=O) groups is 1. The van der Waals surface area contributed by atoms with E-state index >= 15 is 0 Å². The van der Waals surface area contributed by atoms with Gasteiger partial charge in [0, 0.05) is 25.8 Å². The average molecular weight is 256 g/mol. The van der Waals surface area contributed by atoms with Gasteiger partial charge in [0.2, 0.25) is 5.91 Å². The van der Waals surface area contributed by atoms with Crippen LogP contribution in [0.2, 0.25) is 0 Å². The zero-order chi connectivity index (χ0) is 13.4. The highest BCUT2D eigenvalue weighted by atomic mass is 16.5. The van der Waals surface area contributed by atoms with Crippen LogP contribution in [0.25, 0.3) is 0 Å². The van der Waals surface area contributed by atoms with E-state index in [1.54, 1.807) is 0 Å². The van der Waals surface area contributed by atoms with Gasteiger partial charge in [-0.05, 0) is 31.6 Å². The van der Waals surface area contributed by atoms with Crippen LogP contribution in [0, 0.1) is 11.8 Å². The lowest BCUT2D eigenvalue weighted by Gasteiger charge is -2.32. The molecule has 4 nitrogen and oxygen atoms in total. The monoisotopic (exact) mass is 256 g/mol. The lowest BCUT2D eigenvalue weighted by atomic mass is 9.78. The Morgan fingerprint density at radius 2 is 2.17 bits per heavy atom. The summed E-state index contributed by atoms with van der Waals surface area (Å²) in [6.45, 7) is 6.45. The molecule has 0 saturated heterocycles. The molecule has 0 spiro atoms. The molecule has 3 N–H and O–H groups in total. The van der Waals surface area contributed by atoms with Gasteiger partial charge in [0.05, 0.1) is 5.92 Å². The Balaban J connectivity index is 2.15. The maximum absolute atomic E-state index is 12.0. The summed E-state index contributed by atoms with van der Waals surface area (Å²) in [5.74, 6) is 0.595. The molecule has 0 heterocycles. The van der Waals surface area contributed by atoms with Crippen molar-refractivity contribution in [2.24, 2.45) is 17.6 Å². The van der Waals surface area contributed by atoms with Crippen molar-refractivity contribution in [1.82, 2.24) is 5.32 Å². The minimum atomic E-state index is 0.00492. The minimum absolute atomic E-state index is 0.00492. The van der Waals surface area contributed by atoms with Crippen LogP contribution in [0.4, 0.5) is 0 Å². The first kappa shape index (κ1) is 15.4. The first-order chi connectivity index (χ1) is 8.66. The number of hydrogen-bond acceptors (Lipinski definition) is 3. The SMILES string of the molecule is CCCOCCCNC(=O)C1CCCC(C)C1N. The summed E-state index contributed by atoms with van der Waals surface area (Å²) in [4.78, 5) is 12.0. The molecule has 1 aliphatic rings. The number of nitrogens with one attached hydrogen (secondary N) is 1. The van der Waals surface area contributed by atoms with E-state index in [0.29, 0.717) is 12.5 Å². The van der Waals surface area contributed by atoms with Crippen molar-refractivity contribution in [2.45, 2.75) is 52.0 Å². The molecular formula is C14H28N2O2. The van der Waals surface area contributed by atoms with Gasteiger partial charge in [-0.1, -0.05) is 20.3 Å². The summed E-state index contributed by atoms with van der Waals surface area (Å²) < 4.78 is 5.37. The molecule has 0 aromatic carbocycles. The summed E-state index contributed by atoms with van der Waals surface area (Å²) in [6, 6.07) is 0.0232. The molecule has 3 atom stereocenters. The average Bonchev–Trinajstić information content (AvgIpc) is 2.36. The standard InChI is InChI=1S/C14H28N2O2/c1-3-9-18-10-5-8-16-14(17)12-7-4-6-11(2)13(12)15/h11-13H,3-10,15H2,1-2H3,(H,16,17). The number of nitrogens with two attached hydrogens (primary N) is 1. The topological polar surface area (TPSA) is 64.3 Å². The van der Waals surface area contributed by atoms with Crippen molar-refractivity contribution >= 4 is 5.91 Å². The third-order valence-corrected chi connectivity index (χ3v) is 3.75. The van der Waals surface area contributed by atoms with Gasteiger partial charge >= 0.3 is 0 Å². The van der Waals surface area contributed by atoms with Gasteiger partial charge in [-0.3, -0.25) is 4.79 Å². The first-order valence-corrected chi connectivity index (χ1v) is 7.27. The van der Waals surface area contributed by atoms with Gasteiger partial charge in [0.15, 0.2) is 0 Å². The second-order valence-electron chi connectivity index (χ2n) is 5.35. The normalized spacial score (nSPS) is 28.1. The van der Waals surface area contributed by atoms with E-state index in [1.807, 2.05) is 0 Å². The second kappa shape index (κ2) is 8.48. The van der Waals surface area contributed by atoms with Gasteiger partial charge in [0.25, 0.3) is 0 Å². The van der Waals surface area contributed by atoms with Crippen molar-refractivity contribution in [2.75, 3.05) is 19.8 Å². The van der Waals surface area contributed by atoms with Crippen LogP contribution in [0.1, 0.15) is 46.0 Å². The number of amides is 1. The third-order valence-electron chi connectivity index (χ3n) is 3.75. The highest BCUT2D eigenvalue weighted by molar-refractivity contribution is 5.79. The van der Waals surface area contributed by atoms with Crippen LogP contribution in [-0.2, 0) is 9.53 Å². The highest BCUT2D eigenvalue weighted by Gasteiger charge is 2.32. The Morgan fingerprint density at radius 1 is 1.39 bits per heavy atom. The first-order valence-electron chi connectivity index (χ1n) is 7.27. The zero-order valence-corrected chi connectivity index (χ0v) is 11.8. The predicted molar refractivity (Wildman–Crippen MR) is 73.2 cm³/mol. The van der Waals surface area contributed by atoms with Crippen LogP contribution < -0.4 is 11.1 Å². The molecule has 0 bridgehead atoms. The van der Waals surface area contributed by atoms with E-state index in [9.17, 15) is 4.79 Å². The summed E-state index contributed by atoms with van der Waals surface area (Å²) in [7, 11) is 0. The van der Waals surface area contributed by atoms with E-state index in [1.165, 1.54) is 0 Å². The molecule has 106 valence electrons. The quantitative estimate of drug-likeness (QED) is 0.681. The third kappa shape index (κ3) is 4.94. The number of ether oxygens (including phenoxy) is 1. The lowest BCUT2D eigenvalue weighted by Crippen LogP contribution is -2.47. The van der Waals surface area contributed by atoms with Gasteiger partial charge in [-0.15, -0.1) is 0 Å². The fourth-order valence-corrected chi connectivity index (χ4v) is 2.51. The lowest BCUT2D eigenvalue weighted by molar-refractivity contribution is -0.127. The molecule has 1 amide bonds. The molecule has 3 unspecified atom stereocenters. The van der Waals surface area contributed by atoms with Crippen LogP contribution in [-0.4, -0.2) is 31.7 Å². The molecule has 1 aliphatic carbocycles. The van der Waals surface area contributed by atoms with Gasteiger partial charge in [-0.2, -0.15) is 0 Å². The summed E-state index contributed by atoms with van der Waals surface area (Å²) in [6.07, 6.45) is 5.12. The maximum Gasteiger partial charge on any atom is 0.224 e. The van der Waals surface area contributed by atoms with Crippen molar-refractivity contribution in [3.8, 4) is 0 Å². The van der Waals surface area contributed by atoms with E-state index in [-0.39, 0.29) is 17.9 Å². The van der Waals surface area contributed by atoms with Crippen LogP contribution in [0.15, 0.2) is 0 Å². The largest absolute Gasteiger partial charge is 0.381 e. The van der Waals surface area contributed by atoms with Gasteiger partial charge in [-0.25, -0.2) is 0 Å².